The summed E-state index contributed by atoms with van der Waals surface area (Å²) in [6.45, 7) is 5.61. The Kier molecular flexibility index (Phi) is 10.6. The van der Waals surface area contributed by atoms with E-state index in [1.165, 1.54) is 0 Å². The molecule has 0 aromatic heterocycles. The molecular formula is C35H46Cl2N6O5. The first-order valence-corrected chi connectivity index (χ1v) is 17.7. The smallest absolute Gasteiger partial charge is 0.322 e. The molecule has 48 heavy (non-hydrogen) atoms. The number of ether oxygens (including phenoxy) is 1. The summed E-state index contributed by atoms with van der Waals surface area (Å²) in [7, 11) is 3.77. The van der Waals surface area contributed by atoms with Crippen molar-refractivity contribution in [3.8, 4) is 5.75 Å². The topological polar surface area (TPSA) is 108 Å². The van der Waals surface area contributed by atoms with Crippen LogP contribution in [0, 0.1) is 0 Å². The van der Waals surface area contributed by atoms with Gasteiger partial charge in [-0.1, -0.05) is 29.3 Å². The molecule has 3 atom stereocenters. The Bertz CT molecular complexity index is 1510. The first-order valence-electron chi connectivity index (χ1n) is 17.0. The number of carboxylic acid groups (broad SMARTS) is 1. The number of rotatable bonds is 8. The molecule has 0 spiro atoms. The van der Waals surface area contributed by atoms with E-state index < -0.39 is 16.2 Å². The van der Waals surface area contributed by atoms with Crippen LogP contribution in [0.3, 0.4) is 0 Å². The summed E-state index contributed by atoms with van der Waals surface area (Å²) in [6.07, 6.45) is 3.15. The van der Waals surface area contributed by atoms with Gasteiger partial charge in [0.2, 0.25) is 0 Å². The number of carbonyl (C=O) groups is 3. The number of hydrogen-bond acceptors (Lipinski definition) is 8. The van der Waals surface area contributed by atoms with E-state index in [2.05, 4.69) is 27.1 Å². The number of hydrogen-bond donors (Lipinski definition) is 1. The third-order valence-electron chi connectivity index (χ3n) is 11.4. The number of nitrogens with one attached hydrogen (secondary N) is 1. The fourth-order valence-electron chi connectivity index (χ4n) is 8.69. The number of piperidine rings is 2. The van der Waals surface area contributed by atoms with Crippen molar-refractivity contribution in [2.75, 3.05) is 71.8 Å². The van der Waals surface area contributed by atoms with Crippen molar-refractivity contribution in [2.45, 2.75) is 62.8 Å². The van der Waals surface area contributed by atoms with Gasteiger partial charge in [0.1, 0.15) is 18.6 Å². The van der Waals surface area contributed by atoms with Gasteiger partial charge in [-0.15, -0.1) is 0 Å². The summed E-state index contributed by atoms with van der Waals surface area (Å²) in [4.78, 5) is 49.1. The molecule has 0 saturated carbocycles. The molecule has 2 aromatic rings. The number of halogens is 2. The standard InChI is InChI=1S/C35H46Cl2N6O5/c1-39-12-8-27(9-13-39)40-15-17-41(18-16-40)35(11-20-44)23-28(42-14-7-26-22-29(48-2)4-6-32(26)38-33(42)45)10-19-43(35,34(46)47)24-25-3-5-30(36)31(37)21-25/h3-6,20-22,27-28H,7-19,23-24H2,1-2H3,(H-,38,45,46,47)/t28?,35?,43-/m0/s1. The quantitative estimate of drug-likeness (QED) is 0.326. The Morgan fingerprint density at radius 1 is 1.02 bits per heavy atom. The second-order valence-corrected chi connectivity index (χ2v) is 14.6. The molecule has 6 rings (SSSR count). The Balaban J connectivity index is 1.34. The average Bonchev–Trinajstić information content (AvgIpc) is 3.25. The number of urea groups is 1. The summed E-state index contributed by atoms with van der Waals surface area (Å²) in [5.41, 5.74) is 1.26. The van der Waals surface area contributed by atoms with Gasteiger partial charge in [0.05, 0.1) is 30.1 Å². The van der Waals surface area contributed by atoms with E-state index in [0.29, 0.717) is 60.5 Å². The SMILES string of the molecule is COc1ccc2c(c1)CCN(C1CC[N@+](Cc3ccc(Cl)c(Cl)c3)(C(=O)[O-])C(CC=O)(N3CCN(C4CCN(C)CC4)CC3)C1)C(=O)N2. The number of amides is 3. The van der Waals surface area contributed by atoms with Crippen LogP contribution < -0.4 is 15.2 Å². The molecule has 13 heteroatoms. The Hall–Kier alpha value is -2.93. The molecule has 260 valence electrons. The van der Waals surface area contributed by atoms with Crippen LogP contribution in [0.15, 0.2) is 36.4 Å². The number of likely N-dealkylation sites (tertiary alicyclic amines) is 2. The van der Waals surface area contributed by atoms with Gasteiger partial charge < -0.3 is 34.5 Å². The van der Waals surface area contributed by atoms with Crippen molar-refractivity contribution in [3.63, 3.8) is 0 Å². The highest BCUT2D eigenvalue weighted by Gasteiger charge is 2.61. The average molecular weight is 702 g/mol. The van der Waals surface area contributed by atoms with Crippen molar-refractivity contribution in [2.24, 2.45) is 0 Å². The first kappa shape index (κ1) is 34.9. The number of anilines is 1. The largest absolute Gasteiger partial charge is 0.498 e. The van der Waals surface area contributed by atoms with Crippen LogP contribution in [0.2, 0.25) is 10.0 Å². The number of methoxy groups -OCH3 is 1. The van der Waals surface area contributed by atoms with E-state index in [-0.39, 0.29) is 31.6 Å². The van der Waals surface area contributed by atoms with Crippen molar-refractivity contribution in [1.29, 1.82) is 0 Å². The first-order chi connectivity index (χ1) is 23.1. The summed E-state index contributed by atoms with van der Waals surface area (Å²) in [5, 5.41) is 17.5. The summed E-state index contributed by atoms with van der Waals surface area (Å²) < 4.78 is 4.96. The van der Waals surface area contributed by atoms with Gasteiger partial charge in [0.25, 0.3) is 6.09 Å². The van der Waals surface area contributed by atoms with Gasteiger partial charge >= 0.3 is 6.03 Å². The molecule has 0 bridgehead atoms. The zero-order valence-corrected chi connectivity index (χ0v) is 29.3. The lowest BCUT2D eigenvalue weighted by Gasteiger charge is -2.62. The van der Waals surface area contributed by atoms with Crippen molar-refractivity contribution < 1.29 is 28.7 Å². The number of benzene rings is 2. The van der Waals surface area contributed by atoms with Gasteiger partial charge in [-0.25, -0.2) is 9.69 Å². The van der Waals surface area contributed by atoms with Crippen LogP contribution in [0.5, 0.6) is 5.75 Å². The lowest BCUT2D eigenvalue weighted by atomic mass is 9.82. The van der Waals surface area contributed by atoms with Crippen LogP contribution in [-0.2, 0) is 17.8 Å². The molecule has 3 saturated heterocycles. The zero-order valence-electron chi connectivity index (χ0n) is 27.8. The number of fused-ring (bicyclic) bond motifs is 1. The Labute approximate surface area is 292 Å². The van der Waals surface area contributed by atoms with Crippen molar-refractivity contribution in [1.82, 2.24) is 19.6 Å². The minimum Gasteiger partial charge on any atom is -0.498 e. The van der Waals surface area contributed by atoms with Gasteiger partial charge in [-0.3, -0.25) is 9.38 Å². The predicted molar refractivity (Wildman–Crippen MR) is 183 cm³/mol. The number of aldehydes is 1. The molecule has 3 fully saturated rings. The van der Waals surface area contributed by atoms with Gasteiger partial charge in [-0.2, -0.15) is 0 Å². The van der Waals surface area contributed by atoms with E-state index in [1.54, 1.807) is 25.3 Å². The fraction of sp³-hybridized carbons (Fsp3) is 0.571. The molecule has 4 aliphatic heterocycles. The number of piperazine rings is 1. The third kappa shape index (κ3) is 6.65. The normalized spacial score (nSPS) is 28.0. The maximum Gasteiger partial charge on any atom is 0.322 e. The molecule has 4 aliphatic rings. The minimum absolute atomic E-state index is 0.0140. The molecule has 1 N–H and O–H groups in total. The summed E-state index contributed by atoms with van der Waals surface area (Å²) in [6, 6.07) is 10.8. The molecule has 2 aromatic carbocycles. The predicted octanol–water partition coefficient (Wildman–Crippen LogP) is 3.91. The third-order valence-corrected chi connectivity index (χ3v) is 12.1. The molecular weight excluding hydrogens is 655 g/mol. The molecule has 4 heterocycles. The monoisotopic (exact) mass is 700 g/mol. The zero-order chi connectivity index (χ0) is 34.1. The second-order valence-electron chi connectivity index (χ2n) is 13.8. The highest BCUT2D eigenvalue weighted by Crippen LogP contribution is 2.45. The Morgan fingerprint density at radius 2 is 1.77 bits per heavy atom. The lowest BCUT2D eigenvalue weighted by Crippen LogP contribution is -2.81. The van der Waals surface area contributed by atoms with Crippen molar-refractivity contribution in [3.05, 3.63) is 57.6 Å². The number of nitrogens with zero attached hydrogens (tertiary/aromatic N) is 5. The minimum atomic E-state index is -1.24. The number of quaternary nitrogens is 1. The summed E-state index contributed by atoms with van der Waals surface area (Å²) in [5.74, 6) is 0.719. The van der Waals surface area contributed by atoms with E-state index in [9.17, 15) is 19.5 Å². The van der Waals surface area contributed by atoms with Crippen LogP contribution in [0.1, 0.15) is 43.2 Å². The van der Waals surface area contributed by atoms with Gasteiger partial charge in [0, 0.05) is 68.9 Å². The molecule has 0 radical (unpaired) electrons. The molecule has 11 nitrogen and oxygen atoms in total. The van der Waals surface area contributed by atoms with E-state index >= 15 is 0 Å². The van der Waals surface area contributed by atoms with Gasteiger partial charge in [-0.05, 0) is 75.3 Å². The van der Waals surface area contributed by atoms with E-state index in [1.807, 2.05) is 23.1 Å². The maximum atomic E-state index is 13.8. The highest BCUT2D eigenvalue weighted by molar-refractivity contribution is 6.42. The van der Waals surface area contributed by atoms with E-state index in [4.69, 9.17) is 27.9 Å². The molecule has 2 unspecified atom stereocenters. The van der Waals surface area contributed by atoms with Gasteiger partial charge in [0.15, 0.2) is 5.66 Å². The van der Waals surface area contributed by atoms with Crippen LogP contribution in [0.4, 0.5) is 15.3 Å². The van der Waals surface area contributed by atoms with Crippen molar-refractivity contribution >= 4 is 47.3 Å². The molecule has 3 amide bonds. The maximum absolute atomic E-state index is 13.8. The fourth-order valence-corrected chi connectivity index (χ4v) is 9.01. The highest BCUT2D eigenvalue weighted by atomic mass is 35.5. The van der Waals surface area contributed by atoms with Crippen LogP contribution in [-0.4, -0.2) is 127 Å². The van der Waals surface area contributed by atoms with Crippen LogP contribution >= 0.6 is 23.2 Å². The lowest BCUT2D eigenvalue weighted by molar-refractivity contribution is -0.956. The number of carbonyl (C=O) groups excluding carboxylic acids is 3. The van der Waals surface area contributed by atoms with Crippen LogP contribution in [0.25, 0.3) is 0 Å². The second kappa shape index (κ2) is 14.5. The molecule has 0 aliphatic carbocycles. The Morgan fingerprint density at radius 3 is 2.44 bits per heavy atom. The summed E-state index contributed by atoms with van der Waals surface area (Å²) >= 11 is 12.7. The van der Waals surface area contributed by atoms with E-state index in [0.717, 1.165) is 62.3 Å².